The molecule has 0 bridgehead atoms. The van der Waals surface area contributed by atoms with Crippen LogP contribution in [0.25, 0.3) is 0 Å². The first-order valence-corrected chi connectivity index (χ1v) is 9.25. The second kappa shape index (κ2) is 7.98. The van der Waals surface area contributed by atoms with Gasteiger partial charge in [-0.1, -0.05) is 29.8 Å². The van der Waals surface area contributed by atoms with Crippen molar-refractivity contribution >= 4 is 21.6 Å². The van der Waals surface area contributed by atoms with E-state index >= 15 is 0 Å². The molecule has 5 nitrogen and oxygen atoms in total. The SMILES string of the molecule is COc1cccc([C@H](CNS(=O)(=O)c2cccc(Cl)c2)N(C)C)c1. The zero-order valence-electron chi connectivity index (χ0n) is 13.9. The number of benzene rings is 2. The van der Waals surface area contributed by atoms with Crippen LogP contribution in [-0.2, 0) is 10.0 Å². The summed E-state index contributed by atoms with van der Waals surface area (Å²) in [5.74, 6) is 0.733. The van der Waals surface area contributed by atoms with Crippen LogP contribution in [0.5, 0.6) is 5.75 Å². The van der Waals surface area contributed by atoms with Crippen LogP contribution in [0.2, 0.25) is 5.02 Å². The molecule has 2 aromatic carbocycles. The number of hydrogen-bond acceptors (Lipinski definition) is 4. The predicted molar refractivity (Wildman–Crippen MR) is 96.1 cm³/mol. The van der Waals surface area contributed by atoms with Crippen molar-refractivity contribution < 1.29 is 13.2 Å². The van der Waals surface area contributed by atoms with E-state index < -0.39 is 10.0 Å². The number of rotatable bonds is 7. The average Bonchev–Trinajstić information content (AvgIpc) is 2.55. The third kappa shape index (κ3) is 4.70. The first-order valence-electron chi connectivity index (χ1n) is 7.39. The van der Waals surface area contributed by atoms with Gasteiger partial charge in [0.1, 0.15) is 5.75 Å². The number of nitrogens with zero attached hydrogens (tertiary/aromatic N) is 1. The summed E-state index contributed by atoms with van der Waals surface area (Å²) in [6.07, 6.45) is 0. The molecule has 0 saturated heterocycles. The molecule has 0 saturated carbocycles. The average molecular weight is 369 g/mol. The molecule has 0 radical (unpaired) electrons. The van der Waals surface area contributed by atoms with E-state index in [-0.39, 0.29) is 17.5 Å². The van der Waals surface area contributed by atoms with Crippen LogP contribution in [-0.4, -0.2) is 41.1 Å². The van der Waals surface area contributed by atoms with Crippen LogP contribution in [0.1, 0.15) is 11.6 Å². The van der Waals surface area contributed by atoms with E-state index in [1.54, 1.807) is 19.2 Å². The van der Waals surface area contributed by atoms with Crippen LogP contribution in [0.3, 0.4) is 0 Å². The zero-order valence-corrected chi connectivity index (χ0v) is 15.4. The van der Waals surface area contributed by atoms with Crippen LogP contribution in [0.4, 0.5) is 0 Å². The molecule has 0 fully saturated rings. The summed E-state index contributed by atoms with van der Waals surface area (Å²) >= 11 is 5.88. The number of ether oxygens (including phenoxy) is 1. The zero-order chi connectivity index (χ0) is 17.7. The Hall–Kier alpha value is -1.60. The van der Waals surface area contributed by atoms with Crippen molar-refractivity contribution in [2.45, 2.75) is 10.9 Å². The van der Waals surface area contributed by atoms with E-state index in [2.05, 4.69) is 4.72 Å². The molecule has 24 heavy (non-hydrogen) atoms. The molecule has 130 valence electrons. The van der Waals surface area contributed by atoms with Gasteiger partial charge in [-0.15, -0.1) is 0 Å². The lowest BCUT2D eigenvalue weighted by Crippen LogP contribution is -2.34. The highest BCUT2D eigenvalue weighted by Gasteiger charge is 2.20. The molecule has 0 aromatic heterocycles. The maximum atomic E-state index is 12.5. The van der Waals surface area contributed by atoms with Crippen molar-refractivity contribution in [1.29, 1.82) is 0 Å². The Labute approximate surface area is 148 Å². The minimum absolute atomic E-state index is 0.131. The van der Waals surface area contributed by atoms with Gasteiger partial charge in [0.25, 0.3) is 0 Å². The van der Waals surface area contributed by atoms with Gasteiger partial charge in [0.05, 0.1) is 12.0 Å². The predicted octanol–water partition coefficient (Wildman–Crippen LogP) is 2.93. The summed E-state index contributed by atoms with van der Waals surface area (Å²) in [7, 11) is 1.78. The molecule has 2 rings (SSSR count). The minimum atomic E-state index is -3.63. The molecule has 1 N–H and O–H groups in total. The smallest absolute Gasteiger partial charge is 0.240 e. The number of nitrogens with one attached hydrogen (secondary N) is 1. The molecule has 7 heteroatoms. The van der Waals surface area contributed by atoms with Crippen molar-refractivity contribution in [2.24, 2.45) is 0 Å². The fraction of sp³-hybridized carbons (Fsp3) is 0.294. The Kier molecular flexibility index (Phi) is 6.23. The molecule has 0 heterocycles. The van der Waals surface area contributed by atoms with Gasteiger partial charge in [-0.2, -0.15) is 0 Å². The topological polar surface area (TPSA) is 58.6 Å². The number of halogens is 1. The van der Waals surface area contributed by atoms with Crippen LogP contribution >= 0.6 is 11.6 Å². The van der Waals surface area contributed by atoms with Crippen molar-refractivity contribution in [3.05, 3.63) is 59.1 Å². The molecule has 0 aliphatic carbocycles. The van der Waals surface area contributed by atoms with Crippen molar-refractivity contribution in [3.63, 3.8) is 0 Å². The molecular weight excluding hydrogens is 348 g/mol. The Bertz CT molecular complexity index is 794. The maximum absolute atomic E-state index is 12.5. The minimum Gasteiger partial charge on any atom is -0.497 e. The normalized spacial score (nSPS) is 13.0. The number of hydrogen-bond donors (Lipinski definition) is 1. The van der Waals surface area contributed by atoms with Crippen LogP contribution in [0, 0.1) is 0 Å². The fourth-order valence-electron chi connectivity index (χ4n) is 2.35. The summed E-state index contributed by atoms with van der Waals surface area (Å²) in [4.78, 5) is 2.10. The van der Waals surface area contributed by atoms with Crippen molar-refractivity contribution in [1.82, 2.24) is 9.62 Å². The molecule has 0 aliphatic heterocycles. The lowest BCUT2D eigenvalue weighted by Gasteiger charge is -2.25. The number of sulfonamides is 1. The second-order valence-electron chi connectivity index (χ2n) is 5.57. The lowest BCUT2D eigenvalue weighted by atomic mass is 10.1. The van der Waals surface area contributed by atoms with Gasteiger partial charge in [-0.05, 0) is 50.0 Å². The molecule has 0 spiro atoms. The van der Waals surface area contributed by atoms with E-state index in [0.717, 1.165) is 11.3 Å². The summed E-state index contributed by atoms with van der Waals surface area (Å²) in [5, 5.41) is 0.384. The Morgan fingerprint density at radius 2 is 1.88 bits per heavy atom. The van der Waals surface area contributed by atoms with E-state index in [1.165, 1.54) is 12.1 Å². The van der Waals surface area contributed by atoms with Gasteiger partial charge in [0.15, 0.2) is 0 Å². The molecular formula is C17H21ClN2O3S. The van der Waals surface area contributed by atoms with E-state index in [0.29, 0.717) is 5.02 Å². The highest BCUT2D eigenvalue weighted by molar-refractivity contribution is 7.89. The largest absolute Gasteiger partial charge is 0.497 e. The third-order valence-corrected chi connectivity index (χ3v) is 5.33. The quantitative estimate of drug-likeness (QED) is 0.816. The maximum Gasteiger partial charge on any atom is 0.240 e. The summed E-state index contributed by atoms with van der Waals surface area (Å²) < 4.78 is 32.8. The monoisotopic (exact) mass is 368 g/mol. The van der Waals surface area contributed by atoms with Gasteiger partial charge >= 0.3 is 0 Å². The first-order chi connectivity index (χ1) is 11.3. The standard InChI is InChI=1S/C17H21ClN2O3S/c1-20(2)17(13-6-4-8-15(10-13)23-3)12-19-24(21,22)16-9-5-7-14(18)11-16/h4-11,17,19H,12H2,1-3H3/t17-/m0/s1. The molecule has 1 atom stereocenters. The number of likely N-dealkylation sites (N-methyl/N-ethyl adjacent to an activating group) is 1. The number of methoxy groups -OCH3 is 1. The summed E-state index contributed by atoms with van der Waals surface area (Å²) in [5.41, 5.74) is 0.966. The highest BCUT2D eigenvalue weighted by atomic mass is 35.5. The highest BCUT2D eigenvalue weighted by Crippen LogP contribution is 2.23. The summed E-state index contributed by atoms with van der Waals surface area (Å²) in [6, 6.07) is 13.7. The second-order valence-corrected chi connectivity index (χ2v) is 7.77. The van der Waals surface area contributed by atoms with Gasteiger partial charge in [0.2, 0.25) is 10.0 Å². The Morgan fingerprint density at radius 3 is 2.50 bits per heavy atom. The molecule has 0 amide bonds. The first kappa shape index (κ1) is 18.7. The van der Waals surface area contributed by atoms with E-state index in [1.807, 2.05) is 43.3 Å². The third-order valence-electron chi connectivity index (χ3n) is 3.68. The van der Waals surface area contributed by atoms with Gasteiger partial charge in [-0.25, -0.2) is 13.1 Å². The summed E-state index contributed by atoms with van der Waals surface area (Å²) in [6.45, 7) is 0.231. The Balaban J connectivity index is 2.19. The molecule has 0 aliphatic rings. The van der Waals surface area contributed by atoms with Crippen molar-refractivity contribution in [3.8, 4) is 5.75 Å². The molecule has 2 aromatic rings. The van der Waals surface area contributed by atoms with Gasteiger partial charge in [0, 0.05) is 17.6 Å². The Morgan fingerprint density at radius 1 is 1.17 bits per heavy atom. The lowest BCUT2D eigenvalue weighted by molar-refractivity contribution is 0.298. The van der Waals surface area contributed by atoms with Gasteiger partial charge < -0.3 is 9.64 Å². The van der Waals surface area contributed by atoms with Crippen LogP contribution in [0.15, 0.2) is 53.4 Å². The van der Waals surface area contributed by atoms with Crippen molar-refractivity contribution in [2.75, 3.05) is 27.7 Å². The van der Waals surface area contributed by atoms with Crippen LogP contribution < -0.4 is 9.46 Å². The van der Waals surface area contributed by atoms with E-state index in [4.69, 9.17) is 16.3 Å². The fourth-order valence-corrected chi connectivity index (χ4v) is 3.69. The molecule has 0 unspecified atom stereocenters. The van der Waals surface area contributed by atoms with E-state index in [9.17, 15) is 8.42 Å². The van der Waals surface area contributed by atoms with Gasteiger partial charge in [-0.3, -0.25) is 0 Å².